The SMILES string of the molecule is O=C(Nc1cccc(CSc2ccccn2)c1)c1ccc(S(=O)(=O)NCc2ccco2)cc1. The summed E-state index contributed by atoms with van der Waals surface area (Å²) in [4.78, 5) is 17.0. The number of nitrogens with zero attached hydrogens (tertiary/aromatic N) is 1. The van der Waals surface area contributed by atoms with Crippen LogP contribution in [0.3, 0.4) is 0 Å². The first kappa shape index (κ1) is 22.8. The van der Waals surface area contributed by atoms with Crippen LogP contribution in [0.4, 0.5) is 5.69 Å². The highest BCUT2D eigenvalue weighted by Crippen LogP contribution is 2.22. The number of anilines is 1. The van der Waals surface area contributed by atoms with Gasteiger partial charge in [-0.3, -0.25) is 4.79 Å². The van der Waals surface area contributed by atoms with Crippen LogP contribution in [0.2, 0.25) is 0 Å². The van der Waals surface area contributed by atoms with Gasteiger partial charge in [-0.05, 0) is 66.2 Å². The minimum atomic E-state index is -3.72. The number of pyridine rings is 1. The summed E-state index contributed by atoms with van der Waals surface area (Å²) in [5.41, 5.74) is 2.07. The van der Waals surface area contributed by atoms with Crippen molar-refractivity contribution in [3.63, 3.8) is 0 Å². The Balaban J connectivity index is 1.36. The van der Waals surface area contributed by atoms with Crippen LogP contribution in [0.1, 0.15) is 21.7 Å². The second-order valence-corrected chi connectivity index (χ2v) is 9.80. The van der Waals surface area contributed by atoms with E-state index < -0.39 is 10.0 Å². The van der Waals surface area contributed by atoms with Gasteiger partial charge < -0.3 is 9.73 Å². The quantitative estimate of drug-likeness (QED) is 0.338. The number of hydrogen-bond donors (Lipinski definition) is 2. The van der Waals surface area contributed by atoms with Crippen LogP contribution in [0.15, 0.2) is 106 Å². The van der Waals surface area contributed by atoms with Gasteiger partial charge in [0, 0.05) is 23.2 Å². The Bertz CT molecular complexity index is 1310. The zero-order valence-electron chi connectivity index (χ0n) is 17.5. The molecule has 0 aliphatic rings. The average molecular weight is 480 g/mol. The summed E-state index contributed by atoms with van der Waals surface area (Å²) in [6.07, 6.45) is 3.23. The van der Waals surface area contributed by atoms with Gasteiger partial charge in [0.25, 0.3) is 5.91 Å². The molecule has 0 atom stereocenters. The second kappa shape index (κ2) is 10.5. The predicted octanol–water partition coefficient (Wildman–Crippen LogP) is 4.70. The van der Waals surface area contributed by atoms with Crippen LogP contribution >= 0.6 is 11.8 Å². The van der Waals surface area contributed by atoms with Crippen molar-refractivity contribution in [1.82, 2.24) is 9.71 Å². The Morgan fingerprint density at radius 1 is 0.970 bits per heavy atom. The van der Waals surface area contributed by atoms with Crippen LogP contribution < -0.4 is 10.0 Å². The largest absolute Gasteiger partial charge is 0.468 e. The number of benzene rings is 2. The highest BCUT2D eigenvalue weighted by molar-refractivity contribution is 7.98. The van der Waals surface area contributed by atoms with Gasteiger partial charge in [0.1, 0.15) is 5.76 Å². The summed E-state index contributed by atoms with van der Waals surface area (Å²) in [6, 6.07) is 22.5. The number of rotatable bonds is 9. The van der Waals surface area contributed by atoms with Crippen molar-refractivity contribution in [2.75, 3.05) is 5.32 Å². The molecule has 2 N–H and O–H groups in total. The lowest BCUT2D eigenvalue weighted by atomic mass is 10.2. The molecular weight excluding hydrogens is 458 g/mol. The maximum atomic E-state index is 12.6. The van der Waals surface area contributed by atoms with E-state index >= 15 is 0 Å². The Morgan fingerprint density at radius 2 is 1.82 bits per heavy atom. The van der Waals surface area contributed by atoms with Crippen molar-refractivity contribution in [2.45, 2.75) is 22.2 Å². The molecule has 7 nitrogen and oxygen atoms in total. The van der Waals surface area contributed by atoms with Crippen molar-refractivity contribution in [3.8, 4) is 0 Å². The number of hydrogen-bond acceptors (Lipinski definition) is 6. The van der Waals surface area contributed by atoms with Gasteiger partial charge in [-0.25, -0.2) is 18.1 Å². The third-order valence-corrected chi connectivity index (χ3v) is 7.08. The molecule has 0 saturated carbocycles. The minimum Gasteiger partial charge on any atom is -0.468 e. The molecule has 0 fully saturated rings. The molecular formula is C24H21N3O4S2. The maximum absolute atomic E-state index is 12.6. The van der Waals surface area contributed by atoms with Gasteiger partial charge in [0.05, 0.1) is 22.7 Å². The zero-order chi connectivity index (χ0) is 23.1. The summed E-state index contributed by atoms with van der Waals surface area (Å²) < 4.78 is 32.5. The third-order valence-electron chi connectivity index (χ3n) is 4.65. The van der Waals surface area contributed by atoms with Crippen LogP contribution in [-0.4, -0.2) is 19.3 Å². The van der Waals surface area contributed by atoms with Gasteiger partial charge in [0.2, 0.25) is 10.0 Å². The topological polar surface area (TPSA) is 101 Å². The molecule has 4 aromatic rings. The maximum Gasteiger partial charge on any atom is 0.255 e. The highest BCUT2D eigenvalue weighted by atomic mass is 32.2. The molecule has 0 radical (unpaired) electrons. The Kier molecular flexibility index (Phi) is 7.23. The van der Waals surface area contributed by atoms with E-state index in [1.807, 2.05) is 42.5 Å². The standard InChI is InChI=1S/C24H21N3O4S2/c28-24(27-20-6-3-5-18(15-20)17-32-23-8-1-2-13-25-23)19-9-11-22(12-10-19)33(29,30)26-16-21-7-4-14-31-21/h1-15,26H,16-17H2,(H,27,28). The van der Waals surface area contributed by atoms with Gasteiger partial charge in [-0.2, -0.15) is 0 Å². The average Bonchev–Trinajstić information content (AvgIpc) is 3.36. The highest BCUT2D eigenvalue weighted by Gasteiger charge is 2.15. The Hall–Kier alpha value is -3.40. The molecule has 168 valence electrons. The Morgan fingerprint density at radius 3 is 2.55 bits per heavy atom. The van der Waals surface area contributed by atoms with E-state index in [1.54, 1.807) is 30.1 Å². The lowest BCUT2D eigenvalue weighted by molar-refractivity contribution is 0.102. The van der Waals surface area contributed by atoms with E-state index in [0.29, 0.717) is 17.0 Å². The number of carbonyl (C=O) groups excluding carboxylic acids is 1. The minimum absolute atomic E-state index is 0.0481. The summed E-state index contributed by atoms with van der Waals surface area (Å²) in [6.45, 7) is 0.0481. The number of nitrogens with one attached hydrogen (secondary N) is 2. The molecule has 1 amide bonds. The zero-order valence-corrected chi connectivity index (χ0v) is 19.1. The van der Waals surface area contributed by atoms with Crippen LogP contribution in [0.25, 0.3) is 0 Å². The molecule has 9 heteroatoms. The fraction of sp³-hybridized carbons (Fsp3) is 0.0833. The third kappa shape index (κ3) is 6.32. The van der Waals surface area contributed by atoms with E-state index in [4.69, 9.17) is 4.42 Å². The number of thioether (sulfide) groups is 1. The molecule has 0 bridgehead atoms. The number of amides is 1. The fourth-order valence-corrected chi connectivity index (χ4v) is 4.78. The summed E-state index contributed by atoms with van der Waals surface area (Å²) in [5, 5.41) is 3.79. The first-order valence-corrected chi connectivity index (χ1v) is 12.5. The van der Waals surface area contributed by atoms with Crippen molar-refractivity contribution in [2.24, 2.45) is 0 Å². The van der Waals surface area contributed by atoms with Gasteiger partial charge >= 0.3 is 0 Å². The molecule has 0 spiro atoms. The van der Waals surface area contributed by atoms with Crippen LogP contribution in [0.5, 0.6) is 0 Å². The van der Waals surface area contributed by atoms with Gasteiger partial charge in [-0.15, -0.1) is 11.8 Å². The summed E-state index contributed by atoms with van der Waals surface area (Å²) in [7, 11) is -3.72. The van der Waals surface area contributed by atoms with E-state index in [0.717, 1.165) is 16.3 Å². The molecule has 0 aliphatic heterocycles. The van der Waals surface area contributed by atoms with Gasteiger partial charge in [0.15, 0.2) is 0 Å². The smallest absolute Gasteiger partial charge is 0.255 e. The Labute approximate surface area is 196 Å². The second-order valence-electron chi connectivity index (χ2n) is 7.04. The van der Waals surface area contributed by atoms with Crippen molar-refractivity contribution in [3.05, 3.63) is 108 Å². The van der Waals surface area contributed by atoms with E-state index in [-0.39, 0.29) is 17.3 Å². The molecule has 33 heavy (non-hydrogen) atoms. The predicted molar refractivity (Wildman–Crippen MR) is 127 cm³/mol. The number of aromatic nitrogens is 1. The molecule has 4 rings (SSSR count). The van der Waals surface area contributed by atoms with Crippen molar-refractivity contribution < 1.29 is 17.6 Å². The number of sulfonamides is 1. The van der Waals surface area contributed by atoms with Crippen LogP contribution in [-0.2, 0) is 22.3 Å². The monoisotopic (exact) mass is 479 g/mol. The molecule has 0 aliphatic carbocycles. The van der Waals surface area contributed by atoms with Crippen molar-refractivity contribution >= 4 is 33.4 Å². The number of furan rings is 1. The molecule has 2 aromatic carbocycles. The van der Waals surface area contributed by atoms with E-state index in [2.05, 4.69) is 15.0 Å². The van der Waals surface area contributed by atoms with E-state index in [1.165, 1.54) is 30.5 Å². The molecule has 0 saturated heterocycles. The van der Waals surface area contributed by atoms with Gasteiger partial charge in [-0.1, -0.05) is 18.2 Å². The first-order chi connectivity index (χ1) is 16.0. The normalized spacial score (nSPS) is 11.3. The lowest BCUT2D eigenvalue weighted by Crippen LogP contribution is -2.23. The van der Waals surface area contributed by atoms with Crippen LogP contribution in [0, 0.1) is 0 Å². The van der Waals surface area contributed by atoms with Crippen molar-refractivity contribution in [1.29, 1.82) is 0 Å². The molecule has 2 heterocycles. The first-order valence-electron chi connectivity index (χ1n) is 10.1. The summed E-state index contributed by atoms with van der Waals surface area (Å²) in [5.74, 6) is 0.908. The fourth-order valence-electron chi connectivity index (χ4n) is 2.98. The molecule has 2 aromatic heterocycles. The molecule has 0 unspecified atom stereocenters. The van der Waals surface area contributed by atoms with E-state index in [9.17, 15) is 13.2 Å². The lowest BCUT2D eigenvalue weighted by Gasteiger charge is -2.09. The summed E-state index contributed by atoms with van der Waals surface area (Å²) >= 11 is 1.61. The number of carbonyl (C=O) groups is 1.